The van der Waals surface area contributed by atoms with Crippen LogP contribution >= 0.6 is 11.3 Å². The molecule has 0 aromatic carbocycles. The van der Waals surface area contributed by atoms with Gasteiger partial charge in [-0.15, -0.1) is 11.3 Å². The fraction of sp³-hybridized carbons (Fsp3) is 0.722. The molecule has 0 spiro atoms. The van der Waals surface area contributed by atoms with Crippen LogP contribution in [0, 0.1) is 0 Å². The van der Waals surface area contributed by atoms with Crippen molar-refractivity contribution < 1.29 is 14.3 Å². The Bertz CT molecular complexity index is 643. The summed E-state index contributed by atoms with van der Waals surface area (Å²) >= 11 is 1.58. The number of nitrogens with one attached hydrogen (secondary N) is 2. The Morgan fingerprint density at radius 3 is 2.58 bits per heavy atom. The number of urea groups is 1. The molecule has 2 aliphatic rings. The fourth-order valence-electron chi connectivity index (χ4n) is 3.30. The number of thiazole rings is 1. The predicted octanol–water partition coefficient (Wildman–Crippen LogP) is 3.93. The third-order valence-electron chi connectivity index (χ3n) is 4.63. The second-order valence-electron chi connectivity index (χ2n) is 8.08. The first-order chi connectivity index (χ1) is 12.3. The first-order valence-corrected chi connectivity index (χ1v) is 10.1. The maximum absolute atomic E-state index is 12.3. The van der Waals surface area contributed by atoms with Gasteiger partial charge in [-0.05, 0) is 39.5 Å². The molecule has 2 heterocycles. The molecule has 1 saturated heterocycles. The molecule has 2 fully saturated rings. The van der Waals surface area contributed by atoms with Gasteiger partial charge in [0.05, 0.1) is 6.04 Å². The largest absolute Gasteiger partial charge is 0.444 e. The number of likely N-dealkylation sites (tertiary alicyclic amines) is 1. The van der Waals surface area contributed by atoms with Gasteiger partial charge in [-0.3, -0.25) is 5.32 Å². The minimum atomic E-state index is -0.522. The van der Waals surface area contributed by atoms with E-state index in [-0.39, 0.29) is 12.1 Å². The number of ether oxygens (including phenoxy) is 1. The first-order valence-electron chi connectivity index (χ1n) is 9.31. The summed E-state index contributed by atoms with van der Waals surface area (Å²) in [7, 11) is 0. The molecule has 0 radical (unpaired) electrons. The number of hydrogen-bond donors (Lipinski definition) is 2. The summed E-state index contributed by atoms with van der Waals surface area (Å²) in [6.45, 7) is 6.42. The number of hydrogen-bond acceptors (Lipinski definition) is 5. The zero-order valence-corrected chi connectivity index (χ0v) is 16.5. The number of amides is 3. The summed E-state index contributed by atoms with van der Waals surface area (Å²) in [4.78, 5) is 31.3. The van der Waals surface area contributed by atoms with Gasteiger partial charge in [0.25, 0.3) is 0 Å². The van der Waals surface area contributed by atoms with Gasteiger partial charge < -0.3 is 15.0 Å². The zero-order chi connectivity index (χ0) is 18.7. The standard InChI is InChI=1S/C18H28N4O3S/c1-18(2,3)25-17(24)20-13-10-22(11-13)16(23)21-15-19-9-14(26-15)12-7-5-4-6-8-12/h9,12-13H,4-8,10-11H2,1-3H3,(H,20,24)(H,19,21,23). The number of carbonyl (C=O) groups excluding carboxylic acids is 2. The second kappa shape index (κ2) is 7.82. The molecule has 2 N–H and O–H groups in total. The Morgan fingerprint density at radius 1 is 1.23 bits per heavy atom. The van der Waals surface area contributed by atoms with Crippen molar-refractivity contribution in [2.24, 2.45) is 0 Å². The van der Waals surface area contributed by atoms with Crippen LogP contribution in [0.1, 0.15) is 63.7 Å². The van der Waals surface area contributed by atoms with Crippen molar-refractivity contribution in [3.05, 3.63) is 11.1 Å². The molecule has 1 aromatic rings. The lowest BCUT2D eigenvalue weighted by Gasteiger charge is -2.39. The highest BCUT2D eigenvalue weighted by molar-refractivity contribution is 7.15. The molecule has 3 amide bonds. The summed E-state index contributed by atoms with van der Waals surface area (Å²) in [5.74, 6) is 0.596. The van der Waals surface area contributed by atoms with Crippen LogP contribution in [0.3, 0.4) is 0 Å². The molecule has 0 unspecified atom stereocenters. The number of anilines is 1. The first kappa shape index (κ1) is 18.9. The number of aromatic nitrogens is 1. The highest BCUT2D eigenvalue weighted by Crippen LogP contribution is 2.36. The van der Waals surface area contributed by atoms with Crippen LogP contribution in [0.5, 0.6) is 0 Å². The van der Waals surface area contributed by atoms with Crippen LogP contribution in [0.4, 0.5) is 14.7 Å². The van der Waals surface area contributed by atoms with Gasteiger partial charge in [0.2, 0.25) is 0 Å². The number of carbonyl (C=O) groups is 2. The Balaban J connectivity index is 1.41. The highest BCUT2D eigenvalue weighted by Gasteiger charge is 2.33. The minimum Gasteiger partial charge on any atom is -0.444 e. The summed E-state index contributed by atoms with van der Waals surface area (Å²) in [5.41, 5.74) is -0.522. The molecular weight excluding hydrogens is 352 g/mol. The van der Waals surface area contributed by atoms with Gasteiger partial charge in [-0.1, -0.05) is 19.3 Å². The Morgan fingerprint density at radius 2 is 1.92 bits per heavy atom. The average Bonchev–Trinajstić information content (AvgIpc) is 2.98. The van der Waals surface area contributed by atoms with Gasteiger partial charge in [-0.25, -0.2) is 14.6 Å². The molecule has 3 rings (SSSR count). The Kier molecular flexibility index (Phi) is 5.70. The average molecular weight is 381 g/mol. The van der Waals surface area contributed by atoms with Crippen LogP contribution in [-0.4, -0.2) is 46.7 Å². The Labute approximate surface area is 158 Å². The van der Waals surface area contributed by atoms with Gasteiger partial charge in [0.1, 0.15) is 5.60 Å². The fourth-order valence-corrected chi connectivity index (χ4v) is 4.28. The molecule has 7 nitrogen and oxygen atoms in total. The van der Waals surface area contributed by atoms with Gasteiger partial charge in [0, 0.05) is 24.2 Å². The lowest BCUT2D eigenvalue weighted by Crippen LogP contribution is -2.62. The maximum atomic E-state index is 12.3. The molecule has 1 aromatic heterocycles. The third-order valence-corrected chi connectivity index (χ3v) is 5.71. The predicted molar refractivity (Wildman–Crippen MR) is 102 cm³/mol. The van der Waals surface area contributed by atoms with E-state index in [2.05, 4.69) is 15.6 Å². The topological polar surface area (TPSA) is 83.6 Å². The smallest absolute Gasteiger partial charge is 0.407 e. The van der Waals surface area contributed by atoms with Crippen molar-refractivity contribution in [2.45, 2.75) is 70.4 Å². The number of rotatable bonds is 3. The van der Waals surface area contributed by atoms with E-state index in [1.165, 1.54) is 37.0 Å². The molecule has 1 saturated carbocycles. The van der Waals surface area contributed by atoms with Gasteiger partial charge >= 0.3 is 12.1 Å². The van der Waals surface area contributed by atoms with Crippen molar-refractivity contribution in [1.82, 2.24) is 15.2 Å². The van der Waals surface area contributed by atoms with E-state index in [0.717, 1.165) is 0 Å². The maximum Gasteiger partial charge on any atom is 0.407 e. The third kappa shape index (κ3) is 5.09. The molecule has 26 heavy (non-hydrogen) atoms. The lowest BCUT2D eigenvalue weighted by molar-refractivity contribution is 0.0438. The molecule has 0 bridgehead atoms. The van der Waals surface area contributed by atoms with Gasteiger partial charge in [-0.2, -0.15) is 0 Å². The van der Waals surface area contributed by atoms with Crippen molar-refractivity contribution in [3.8, 4) is 0 Å². The summed E-state index contributed by atoms with van der Waals surface area (Å²) in [6, 6.07) is -0.235. The monoisotopic (exact) mass is 380 g/mol. The number of alkyl carbamates (subject to hydrolysis) is 1. The van der Waals surface area contributed by atoms with Crippen molar-refractivity contribution in [1.29, 1.82) is 0 Å². The number of nitrogens with zero attached hydrogens (tertiary/aromatic N) is 2. The van der Waals surface area contributed by atoms with E-state index in [4.69, 9.17) is 4.74 Å². The van der Waals surface area contributed by atoms with Crippen LogP contribution < -0.4 is 10.6 Å². The van der Waals surface area contributed by atoms with E-state index in [9.17, 15) is 9.59 Å². The zero-order valence-electron chi connectivity index (χ0n) is 15.7. The van der Waals surface area contributed by atoms with E-state index >= 15 is 0 Å². The van der Waals surface area contributed by atoms with Crippen molar-refractivity contribution >= 4 is 28.6 Å². The lowest BCUT2D eigenvalue weighted by atomic mass is 9.89. The SMILES string of the molecule is CC(C)(C)OC(=O)NC1CN(C(=O)Nc2ncc(C3CCCCC3)s2)C1. The van der Waals surface area contributed by atoms with E-state index in [0.29, 0.717) is 24.1 Å². The molecule has 1 aliphatic carbocycles. The Hall–Kier alpha value is -1.83. The van der Waals surface area contributed by atoms with Gasteiger partial charge in [0.15, 0.2) is 5.13 Å². The normalized spacial score (nSPS) is 19.0. The summed E-state index contributed by atoms with van der Waals surface area (Å²) in [5, 5.41) is 6.29. The second-order valence-corrected chi connectivity index (χ2v) is 9.14. The minimum absolute atomic E-state index is 0.0651. The van der Waals surface area contributed by atoms with E-state index in [1.807, 2.05) is 27.0 Å². The van der Waals surface area contributed by atoms with Crippen LogP contribution in [0.25, 0.3) is 0 Å². The molecule has 1 aliphatic heterocycles. The molecule has 144 valence electrons. The highest BCUT2D eigenvalue weighted by atomic mass is 32.1. The van der Waals surface area contributed by atoms with Crippen molar-refractivity contribution in [2.75, 3.05) is 18.4 Å². The van der Waals surface area contributed by atoms with Crippen LogP contribution in [0.15, 0.2) is 6.20 Å². The van der Waals surface area contributed by atoms with Crippen molar-refractivity contribution in [3.63, 3.8) is 0 Å². The quantitative estimate of drug-likeness (QED) is 0.832. The molecular formula is C18H28N4O3S. The molecule has 0 atom stereocenters. The van der Waals surface area contributed by atoms with Crippen LogP contribution in [-0.2, 0) is 4.74 Å². The van der Waals surface area contributed by atoms with E-state index < -0.39 is 11.7 Å². The summed E-state index contributed by atoms with van der Waals surface area (Å²) in [6.07, 6.45) is 7.79. The summed E-state index contributed by atoms with van der Waals surface area (Å²) < 4.78 is 5.22. The van der Waals surface area contributed by atoms with Crippen LogP contribution in [0.2, 0.25) is 0 Å². The molecule has 8 heteroatoms. The van der Waals surface area contributed by atoms with E-state index in [1.54, 1.807) is 16.2 Å².